The van der Waals surface area contributed by atoms with Gasteiger partial charge >= 0.3 is 6.18 Å². The van der Waals surface area contributed by atoms with Crippen LogP contribution in [0.5, 0.6) is 0 Å². The predicted molar refractivity (Wildman–Crippen MR) is 72.5 cm³/mol. The number of aromatic nitrogens is 2. The third-order valence-corrected chi connectivity index (χ3v) is 3.08. The molecule has 1 aromatic heterocycles. The molecule has 0 aliphatic carbocycles. The third kappa shape index (κ3) is 4.30. The maximum atomic E-state index is 12.7. The van der Waals surface area contributed by atoms with Crippen LogP contribution in [0.3, 0.4) is 0 Å². The molecule has 1 rings (SSSR count). The Kier molecular flexibility index (Phi) is 6.39. The SMILES string of the molecule is CCCOCCn1nc(CC)c(C(=O)C(F)(F)F)c1CC. The minimum Gasteiger partial charge on any atom is -0.380 e. The van der Waals surface area contributed by atoms with Crippen molar-refractivity contribution in [3.05, 3.63) is 17.0 Å². The second-order valence-corrected chi connectivity index (χ2v) is 4.64. The number of hydrogen-bond donors (Lipinski definition) is 0. The Hall–Kier alpha value is -1.37. The second-order valence-electron chi connectivity index (χ2n) is 4.64. The van der Waals surface area contributed by atoms with Crippen molar-refractivity contribution in [2.24, 2.45) is 0 Å². The van der Waals surface area contributed by atoms with Gasteiger partial charge in [0.05, 0.1) is 24.4 Å². The highest BCUT2D eigenvalue weighted by Gasteiger charge is 2.42. The third-order valence-electron chi connectivity index (χ3n) is 3.08. The molecule has 0 bridgehead atoms. The molecule has 7 heteroatoms. The van der Waals surface area contributed by atoms with Crippen molar-refractivity contribution in [1.82, 2.24) is 9.78 Å². The Morgan fingerprint density at radius 1 is 1.19 bits per heavy atom. The lowest BCUT2D eigenvalue weighted by atomic mass is 10.0. The fourth-order valence-corrected chi connectivity index (χ4v) is 2.14. The molecular formula is C14H21F3N2O2. The summed E-state index contributed by atoms with van der Waals surface area (Å²) in [4.78, 5) is 11.6. The Morgan fingerprint density at radius 3 is 2.33 bits per heavy atom. The maximum Gasteiger partial charge on any atom is 0.455 e. The van der Waals surface area contributed by atoms with Gasteiger partial charge in [0.15, 0.2) is 0 Å². The number of carbonyl (C=O) groups is 1. The summed E-state index contributed by atoms with van der Waals surface area (Å²) >= 11 is 0. The van der Waals surface area contributed by atoms with Crippen molar-refractivity contribution in [2.45, 2.75) is 52.8 Å². The van der Waals surface area contributed by atoms with E-state index in [9.17, 15) is 18.0 Å². The summed E-state index contributed by atoms with van der Waals surface area (Å²) in [7, 11) is 0. The quantitative estimate of drug-likeness (QED) is 0.547. The fraction of sp³-hybridized carbons (Fsp3) is 0.714. The summed E-state index contributed by atoms with van der Waals surface area (Å²) in [6.07, 6.45) is -3.40. The molecule has 0 aliphatic heterocycles. The summed E-state index contributed by atoms with van der Waals surface area (Å²) in [5.41, 5.74) is 0.238. The number of nitrogens with zero attached hydrogens (tertiary/aromatic N) is 2. The first-order valence-electron chi connectivity index (χ1n) is 7.14. The van der Waals surface area contributed by atoms with Crippen LogP contribution in [0.25, 0.3) is 0 Å². The van der Waals surface area contributed by atoms with Crippen LogP contribution < -0.4 is 0 Å². The minimum absolute atomic E-state index is 0.199. The van der Waals surface area contributed by atoms with E-state index in [0.29, 0.717) is 31.9 Å². The second kappa shape index (κ2) is 7.59. The molecule has 21 heavy (non-hydrogen) atoms. The van der Waals surface area contributed by atoms with Crippen LogP contribution in [0.15, 0.2) is 0 Å². The summed E-state index contributed by atoms with van der Waals surface area (Å²) in [6.45, 7) is 6.69. The lowest BCUT2D eigenvalue weighted by Crippen LogP contribution is -2.25. The van der Waals surface area contributed by atoms with Gasteiger partial charge in [-0.3, -0.25) is 9.48 Å². The van der Waals surface area contributed by atoms with Crippen molar-refractivity contribution in [3.8, 4) is 0 Å². The maximum absolute atomic E-state index is 12.7. The van der Waals surface area contributed by atoms with Crippen molar-refractivity contribution >= 4 is 5.78 Å². The highest BCUT2D eigenvalue weighted by atomic mass is 19.4. The van der Waals surface area contributed by atoms with Crippen LogP contribution in [0.1, 0.15) is 48.9 Å². The first kappa shape index (κ1) is 17.7. The van der Waals surface area contributed by atoms with E-state index >= 15 is 0 Å². The Balaban J connectivity index is 3.07. The van der Waals surface area contributed by atoms with Gasteiger partial charge in [-0.05, 0) is 19.3 Å². The van der Waals surface area contributed by atoms with Crippen LogP contribution in [0.2, 0.25) is 0 Å². The predicted octanol–water partition coefficient (Wildman–Crippen LogP) is 3.18. The van der Waals surface area contributed by atoms with Crippen LogP contribution in [-0.4, -0.2) is 35.0 Å². The molecule has 0 fully saturated rings. The average molecular weight is 306 g/mol. The number of halogens is 3. The lowest BCUT2D eigenvalue weighted by molar-refractivity contribution is -0.0886. The Morgan fingerprint density at radius 2 is 1.86 bits per heavy atom. The molecule has 0 saturated heterocycles. The number of ketones is 1. The van der Waals surface area contributed by atoms with E-state index in [1.807, 2.05) is 6.92 Å². The molecule has 0 aliphatic rings. The van der Waals surface area contributed by atoms with E-state index in [0.717, 1.165) is 6.42 Å². The van der Waals surface area contributed by atoms with Crippen LogP contribution in [0.4, 0.5) is 13.2 Å². The van der Waals surface area contributed by atoms with Gasteiger partial charge in [0, 0.05) is 12.3 Å². The smallest absolute Gasteiger partial charge is 0.380 e. The van der Waals surface area contributed by atoms with Gasteiger partial charge in [-0.15, -0.1) is 0 Å². The van der Waals surface area contributed by atoms with Gasteiger partial charge in [0.25, 0.3) is 5.78 Å². The number of aryl methyl sites for hydroxylation is 1. The highest BCUT2D eigenvalue weighted by Crippen LogP contribution is 2.26. The van der Waals surface area contributed by atoms with Crippen LogP contribution in [-0.2, 0) is 24.1 Å². The summed E-state index contributed by atoms with van der Waals surface area (Å²) in [5, 5.41) is 4.15. The van der Waals surface area contributed by atoms with Crippen molar-refractivity contribution in [2.75, 3.05) is 13.2 Å². The number of rotatable bonds is 8. The number of alkyl halides is 3. The van der Waals surface area contributed by atoms with E-state index in [1.54, 1.807) is 13.8 Å². The number of carbonyl (C=O) groups excluding carboxylic acids is 1. The van der Waals surface area contributed by atoms with Crippen LogP contribution >= 0.6 is 0 Å². The van der Waals surface area contributed by atoms with Gasteiger partial charge in [-0.1, -0.05) is 20.8 Å². The van der Waals surface area contributed by atoms with Crippen molar-refractivity contribution < 1.29 is 22.7 Å². The van der Waals surface area contributed by atoms with Gasteiger partial charge < -0.3 is 4.74 Å². The van der Waals surface area contributed by atoms with E-state index in [4.69, 9.17) is 4.74 Å². The molecule has 0 amide bonds. The lowest BCUT2D eigenvalue weighted by Gasteiger charge is -2.09. The normalized spacial score (nSPS) is 11.9. The molecular weight excluding hydrogens is 285 g/mol. The van der Waals surface area contributed by atoms with Gasteiger partial charge in [0.1, 0.15) is 0 Å². The van der Waals surface area contributed by atoms with Crippen LogP contribution in [0, 0.1) is 0 Å². The standard InChI is InChI=1S/C14H21F3N2O2/c1-4-8-21-9-7-19-11(6-3)12(10(5-2)18-19)13(20)14(15,16)17/h4-9H2,1-3H3. The molecule has 120 valence electrons. The molecule has 0 atom stereocenters. The zero-order valence-electron chi connectivity index (χ0n) is 12.6. The largest absolute Gasteiger partial charge is 0.455 e. The zero-order valence-corrected chi connectivity index (χ0v) is 12.6. The van der Waals surface area contributed by atoms with E-state index in [2.05, 4.69) is 5.10 Å². The topological polar surface area (TPSA) is 44.1 Å². The molecule has 1 heterocycles. The Bertz CT molecular complexity index is 481. The van der Waals surface area contributed by atoms with Gasteiger partial charge in [0.2, 0.25) is 0 Å². The molecule has 1 aromatic rings. The fourth-order valence-electron chi connectivity index (χ4n) is 2.14. The number of Topliss-reactive ketones (excluding diaryl/α,β-unsaturated/α-hetero) is 1. The average Bonchev–Trinajstić information content (AvgIpc) is 2.79. The number of ether oxygens (including phenoxy) is 1. The summed E-state index contributed by atoms with van der Waals surface area (Å²) in [6, 6.07) is 0. The first-order valence-corrected chi connectivity index (χ1v) is 7.14. The zero-order chi connectivity index (χ0) is 16.0. The van der Waals surface area contributed by atoms with E-state index < -0.39 is 12.0 Å². The monoisotopic (exact) mass is 306 g/mol. The Labute approximate surface area is 122 Å². The van der Waals surface area contributed by atoms with Crippen molar-refractivity contribution in [3.63, 3.8) is 0 Å². The molecule has 0 N–H and O–H groups in total. The molecule has 0 aromatic carbocycles. The van der Waals surface area contributed by atoms with Gasteiger partial charge in [-0.25, -0.2) is 0 Å². The highest BCUT2D eigenvalue weighted by molar-refractivity contribution is 6.02. The van der Waals surface area contributed by atoms with E-state index in [-0.39, 0.29) is 17.7 Å². The molecule has 4 nitrogen and oxygen atoms in total. The minimum atomic E-state index is -4.87. The van der Waals surface area contributed by atoms with Gasteiger partial charge in [-0.2, -0.15) is 18.3 Å². The number of hydrogen-bond acceptors (Lipinski definition) is 3. The molecule has 0 spiro atoms. The molecule has 0 radical (unpaired) electrons. The summed E-state index contributed by atoms with van der Waals surface area (Å²) in [5.74, 6) is -1.81. The first-order chi connectivity index (χ1) is 9.86. The molecule has 0 unspecified atom stereocenters. The summed E-state index contributed by atoms with van der Waals surface area (Å²) < 4.78 is 44.9. The van der Waals surface area contributed by atoms with Crippen molar-refractivity contribution in [1.29, 1.82) is 0 Å². The molecule has 0 saturated carbocycles. The van der Waals surface area contributed by atoms with E-state index in [1.165, 1.54) is 4.68 Å².